The highest BCUT2D eigenvalue weighted by atomic mass is 16.4. The second-order valence-electron chi connectivity index (χ2n) is 3.33. The van der Waals surface area contributed by atoms with Crippen LogP contribution in [0.15, 0.2) is 28.7 Å². The van der Waals surface area contributed by atoms with Crippen LogP contribution < -0.4 is 5.32 Å². The Kier molecular flexibility index (Phi) is 2.17. The van der Waals surface area contributed by atoms with Crippen molar-refractivity contribution in [3.05, 3.63) is 30.0 Å². The van der Waals surface area contributed by atoms with E-state index in [4.69, 9.17) is 4.42 Å². The van der Waals surface area contributed by atoms with Gasteiger partial charge in [-0.05, 0) is 31.2 Å². The standard InChI is InChI=1S/C11H13NO2/c1-7(13)11-6-8-5-9(12-2)3-4-10(8)14-11/h3-7,12-13H,1-2H3. The average Bonchev–Trinajstić information content (AvgIpc) is 2.59. The topological polar surface area (TPSA) is 45.4 Å². The highest BCUT2D eigenvalue weighted by Crippen LogP contribution is 2.25. The van der Waals surface area contributed by atoms with Crippen LogP contribution in [0.3, 0.4) is 0 Å². The zero-order valence-corrected chi connectivity index (χ0v) is 8.24. The fourth-order valence-electron chi connectivity index (χ4n) is 1.43. The van der Waals surface area contributed by atoms with Crippen molar-refractivity contribution in [2.24, 2.45) is 0 Å². The zero-order valence-electron chi connectivity index (χ0n) is 8.24. The first kappa shape index (κ1) is 9.09. The van der Waals surface area contributed by atoms with Gasteiger partial charge in [0.25, 0.3) is 0 Å². The normalized spacial score (nSPS) is 13.1. The zero-order chi connectivity index (χ0) is 10.1. The molecule has 14 heavy (non-hydrogen) atoms. The Hall–Kier alpha value is -1.48. The van der Waals surface area contributed by atoms with Gasteiger partial charge in [0.2, 0.25) is 0 Å². The van der Waals surface area contributed by atoms with Crippen molar-refractivity contribution in [3.63, 3.8) is 0 Å². The van der Waals surface area contributed by atoms with Crippen LogP contribution in [0, 0.1) is 0 Å². The molecule has 1 atom stereocenters. The van der Waals surface area contributed by atoms with Crippen LogP contribution >= 0.6 is 0 Å². The van der Waals surface area contributed by atoms with Gasteiger partial charge in [0.15, 0.2) is 0 Å². The molecule has 0 fully saturated rings. The van der Waals surface area contributed by atoms with Crippen LogP contribution in [0.5, 0.6) is 0 Å². The maximum atomic E-state index is 9.34. The minimum absolute atomic E-state index is 0.555. The number of aliphatic hydroxyl groups excluding tert-OH is 1. The number of fused-ring (bicyclic) bond motifs is 1. The Morgan fingerprint density at radius 1 is 1.36 bits per heavy atom. The maximum absolute atomic E-state index is 9.34. The molecule has 0 spiro atoms. The molecule has 1 unspecified atom stereocenters. The first-order chi connectivity index (χ1) is 6.70. The van der Waals surface area contributed by atoms with E-state index in [1.165, 1.54) is 0 Å². The molecule has 2 rings (SSSR count). The molecule has 0 amide bonds. The monoisotopic (exact) mass is 191 g/mol. The largest absolute Gasteiger partial charge is 0.458 e. The van der Waals surface area contributed by atoms with Crippen molar-refractivity contribution in [2.45, 2.75) is 13.0 Å². The van der Waals surface area contributed by atoms with E-state index in [0.717, 1.165) is 16.7 Å². The van der Waals surface area contributed by atoms with E-state index in [1.54, 1.807) is 6.92 Å². The molecule has 0 aliphatic heterocycles. The molecule has 0 saturated carbocycles. The lowest BCUT2D eigenvalue weighted by Gasteiger charge is -1.97. The summed E-state index contributed by atoms with van der Waals surface area (Å²) < 4.78 is 5.45. The van der Waals surface area contributed by atoms with Crippen LogP contribution in [-0.4, -0.2) is 12.2 Å². The molecule has 1 aromatic carbocycles. The molecule has 74 valence electrons. The van der Waals surface area contributed by atoms with Crippen molar-refractivity contribution < 1.29 is 9.52 Å². The molecule has 0 radical (unpaired) electrons. The fourth-order valence-corrected chi connectivity index (χ4v) is 1.43. The molecule has 0 aliphatic rings. The lowest BCUT2D eigenvalue weighted by atomic mass is 10.2. The number of hydrogen-bond acceptors (Lipinski definition) is 3. The minimum atomic E-state index is -0.555. The van der Waals surface area contributed by atoms with Crippen molar-refractivity contribution >= 4 is 16.7 Å². The third-order valence-electron chi connectivity index (χ3n) is 2.24. The van der Waals surface area contributed by atoms with E-state index in [-0.39, 0.29) is 0 Å². The van der Waals surface area contributed by atoms with Gasteiger partial charge in [0, 0.05) is 18.1 Å². The lowest BCUT2D eigenvalue weighted by Crippen LogP contribution is -1.85. The summed E-state index contributed by atoms with van der Waals surface area (Å²) in [6, 6.07) is 7.69. The summed E-state index contributed by atoms with van der Waals surface area (Å²) in [7, 11) is 1.87. The summed E-state index contributed by atoms with van der Waals surface area (Å²) in [4.78, 5) is 0. The second-order valence-corrected chi connectivity index (χ2v) is 3.33. The van der Waals surface area contributed by atoms with Gasteiger partial charge in [0.05, 0.1) is 0 Å². The first-order valence-corrected chi connectivity index (χ1v) is 4.60. The minimum Gasteiger partial charge on any atom is -0.458 e. The fraction of sp³-hybridized carbons (Fsp3) is 0.273. The van der Waals surface area contributed by atoms with E-state index in [2.05, 4.69) is 5.32 Å². The Balaban J connectivity index is 2.54. The van der Waals surface area contributed by atoms with E-state index in [9.17, 15) is 5.11 Å². The quantitative estimate of drug-likeness (QED) is 0.766. The summed E-state index contributed by atoms with van der Waals surface area (Å²) in [5.74, 6) is 0.605. The molecular formula is C11H13NO2. The second kappa shape index (κ2) is 3.35. The number of hydrogen-bond donors (Lipinski definition) is 2. The van der Waals surface area contributed by atoms with Crippen molar-refractivity contribution in [2.75, 3.05) is 12.4 Å². The van der Waals surface area contributed by atoms with Crippen molar-refractivity contribution in [3.8, 4) is 0 Å². The summed E-state index contributed by atoms with van der Waals surface area (Å²) in [6.45, 7) is 1.69. The summed E-state index contributed by atoms with van der Waals surface area (Å²) in [6.07, 6.45) is -0.555. The molecular weight excluding hydrogens is 178 g/mol. The molecule has 1 heterocycles. The Morgan fingerprint density at radius 2 is 2.14 bits per heavy atom. The highest BCUT2D eigenvalue weighted by Gasteiger charge is 2.08. The van der Waals surface area contributed by atoms with Gasteiger partial charge in [-0.2, -0.15) is 0 Å². The Labute approximate surface area is 82.3 Å². The van der Waals surface area contributed by atoms with Gasteiger partial charge in [-0.3, -0.25) is 0 Å². The van der Waals surface area contributed by atoms with Crippen LogP contribution in [-0.2, 0) is 0 Å². The molecule has 3 heteroatoms. The molecule has 0 aliphatic carbocycles. The van der Waals surface area contributed by atoms with Crippen molar-refractivity contribution in [1.82, 2.24) is 0 Å². The summed E-state index contributed by atoms with van der Waals surface area (Å²) in [5, 5.41) is 13.4. The number of rotatable bonds is 2. The van der Waals surface area contributed by atoms with Gasteiger partial charge in [-0.15, -0.1) is 0 Å². The van der Waals surface area contributed by atoms with Crippen molar-refractivity contribution in [1.29, 1.82) is 0 Å². The average molecular weight is 191 g/mol. The van der Waals surface area contributed by atoms with Gasteiger partial charge >= 0.3 is 0 Å². The lowest BCUT2D eigenvalue weighted by molar-refractivity contribution is 0.172. The number of nitrogens with one attached hydrogen (secondary N) is 1. The first-order valence-electron chi connectivity index (χ1n) is 4.60. The van der Waals surface area contributed by atoms with Crippen LogP contribution in [0.4, 0.5) is 5.69 Å². The number of benzene rings is 1. The van der Waals surface area contributed by atoms with E-state index >= 15 is 0 Å². The summed E-state index contributed by atoms with van der Waals surface area (Å²) in [5.41, 5.74) is 1.84. The summed E-state index contributed by atoms with van der Waals surface area (Å²) >= 11 is 0. The molecule has 3 nitrogen and oxygen atoms in total. The molecule has 2 aromatic rings. The third-order valence-corrected chi connectivity index (χ3v) is 2.24. The van der Waals surface area contributed by atoms with Crippen LogP contribution in [0.1, 0.15) is 18.8 Å². The Morgan fingerprint density at radius 3 is 2.79 bits per heavy atom. The van der Waals surface area contributed by atoms with Crippen LogP contribution in [0.2, 0.25) is 0 Å². The van der Waals surface area contributed by atoms with Crippen LogP contribution in [0.25, 0.3) is 11.0 Å². The van der Waals surface area contributed by atoms with Gasteiger partial charge in [0.1, 0.15) is 17.4 Å². The van der Waals surface area contributed by atoms with E-state index in [0.29, 0.717) is 5.76 Å². The predicted molar refractivity (Wildman–Crippen MR) is 56.4 cm³/mol. The van der Waals surface area contributed by atoms with Gasteiger partial charge < -0.3 is 14.8 Å². The Bertz CT molecular complexity index is 445. The molecule has 0 saturated heterocycles. The van der Waals surface area contributed by atoms with Gasteiger partial charge in [-0.25, -0.2) is 0 Å². The number of anilines is 1. The predicted octanol–water partition coefficient (Wildman–Crippen LogP) is 2.53. The van der Waals surface area contributed by atoms with E-state index in [1.807, 2.05) is 31.3 Å². The number of furan rings is 1. The number of aliphatic hydroxyl groups is 1. The maximum Gasteiger partial charge on any atom is 0.134 e. The smallest absolute Gasteiger partial charge is 0.134 e. The SMILES string of the molecule is CNc1ccc2oc(C(C)O)cc2c1. The van der Waals surface area contributed by atoms with Gasteiger partial charge in [-0.1, -0.05) is 0 Å². The highest BCUT2D eigenvalue weighted by molar-refractivity contribution is 5.81. The molecule has 1 aromatic heterocycles. The van der Waals surface area contributed by atoms with E-state index < -0.39 is 6.10 Å². The molecule has 0 bridgehead atoms. The molecule has 2 N–H and O–H groups in total. The third kappa shape index (κ3) is 1.46.